The fraction of sp³-hybridized carbons (Fsp3) is 0.125. The van der Waals surface area contributed by atoms with E-state index >= 15 is 0 Å². The molecular formula is C24H20N8O3. The van der Waals surface area contributed by atoms with Crippen LogP contribution in [0.1, 0.15) is 32.1 Å². The molecule has 0 atom stereocenters. The largest absolute Gasteiger partial charge is 0.465 e. The first-order valence-electron chi connectivity index (χ1n) is 10.7. The fourth-order valence-electron chi connectivity index (χ4n) is 3.53. The summed E-state index contributed by atoms with van der Waals surface area (Å²) in [5.74, 6) is -0.141. The van der Waals surface area contributed by atoms with E-state index < -0.39 is 5.97 Å². The standard InChI is InChI=1S/C24H20N8O3/c1-15-8-10-31-13-18(28-24(31)27-15)11-26-22(33)19-7-9-25-12-21(19)32-14-20(29-30-32)16-3-5-17(6-4-16)23(34)35-2/h3-10,12-14H,11H2,1-2H3,(H,26,33). The number of fused-ring (bicyclic) bond motifs is 1. The molecule has 1 amide bonds. The van der Waals surface area contributed by atoms with Gasteiger partial charge in [0.05, 0.1) is 48.6 Å². The van der Waals surface area contributed by atoms with Gasteiger partial charge in [0.15, 0.2) is 0 Å². The topological polar surface area (TPSA) is 129 Å². The lowest BCUT2D eigenvalue weighted by atomic mass is 10.1. The average molecular weight is 468 g/mol. The number of nitrogens with one attached hydrogen (secondary N) is 1. The van der Waals surface area contributed by atoms with E-state index in [0.717, 1.165) is 11.3 Å². The Morgan fingerprint density at radius 3 is 2.69 bits per heavy atom. The van der Waals surface area contributed by atoms with Crippen molar-refractivity contribution in [3.05, 3.63) is 89.9 Å². The number of ether oxygens (including phenoxy) is 1. The molecule has 5 aromatic rings. The normalized spacial score (nSPS) is 10.9. The number of esters is 1. The number of amides is 1. The summed E-state index contributed by atoms with van der Waals surface area (Å²) in [6, 6.07) is 10.3. The Labute approximate surface area is 199 Å². The van der Waals surface area contributed by atoms with Crippen molar-refractivity contribution in [2.45, 2.75) is 13.5 Å². The predicted molar refractivity (Wildman–Crippen MR) is 125 cm³/mol. The van der Waals surface area contributed by atoms with Crippen molar-refractivity contribution in [3.63, 3.8) is 0 Å². The van der Waals surface area contributed by atoms with E-state index in [9.17, 15) is 9.59 Å². The highest BCUT2D eigenvalue weighted by Gasteiger charge is 2.16. The van der Waals surface area contributed by atoms with Gasteiger partial charge in [0.25, 0.3) is 5.91 Å². The number of aromatic nitrogens is 7. The number of hydrogen-bond acceptors (Lipinski definition) is 8. The maximum atomic E-state index is 13.0. The monoisotopic (exact) mass is 468 g/mol. The molecule has 4 heterocycles. The molecule has 0 fully saturated rings. The SMILES string of the molecule is COC(=O)c1ccc(-c2cn(-c3cnccc3C(=O)NCc3cn4ccc(C)nc4n3)nn2)cc1. The molecule has 0 spiro atoms. The number of benzene rings is 1. The summed E-state index contributed by atoms with van der Waals surface area (Å²) in [5, 5.41) is 11.3. The Morgan fingerprint density at radius 1 is 1.06 bits per heavy atom. The van der Waals surface area contributed by atoms with E-state index in [1.165, 1.54) is 11.8 Å². The van der Waals surface area contributed by atoms with Crippen LogP contribution < -0.4 is 5.32 Å². The van der Waals surface area contributed by atoms with E-state index in [1.54, 1.807) is 53.3 Å². The quantitative estimate of drug-likeness (QED) is 0.376. The maximum Gasteiger partial charge on any atom is 0.337 e. The zero-order valence-electron chi connectivity index (χ0n) is 18.9. The minimum Gasteiger partial charge on any atom is -0.465 e. The van der Waals surface area contributed by atoms with E-state index in [0.29, 0.717) is 34.0 Å². The number of imidazole rings is 1. The van der Waals surface area contributed by atoms with Gasteiger partial charge in [0, 0.05) is 29.8 Å². The summed E-state index contributed by atoms with van der Waals surface area (Å²) in [5.41, 5.74) is 4.18. The number of aryl methyl sites for hydroxylation is 1. The molecule has 174 valence electrons. The van der Waals surface area contributed by atoms with Crippen molar-refractivity contribution in [1.29, 1.82) is 0 Å². The van der Waals surface area contributed by atoms with Gasteiger partial charge in [0.2, 0.25) is 5.78 Å². The zero-order chi connectivity index (χ0) is 24.4. The van der Waals surface area contributed by atoms with Crippen molar-refractivity contribution >= 4 is 17.7 Å². The lowest BCUT2D eigenvalue weighted by Crippen LogP contribution is -2.24. The molecule has 11 heteroatoms. The third kappa shape index (κ3) is 4.47. The first kappa shape index (κ1) is 21.9. The van der Waals surface area contributed by atoms with Gasteiger partial charge in [-0.3, -0.25) is 14.2 Å². The van der Waals surface area contributed by atoms with E-state index in [-0.39, 0.29) is 12.5 Å². The van der Waals surface area contributed by atoms with Crippen LogP contribution in [-0.2, 0) is 11.3 Å². The molecule has 0 unspecified atom stereocenters. The molecule has 0 aliphatic heterocycles. The maximum absolute atomic E-state index is 13.0. The minimum atomic E-state index is -0.416. The molecule has 0 aliphatic rings. The molecule has 0 saturated carbocycles. The minimum absolute atomic E-state index is 0.234. The number of pyridine rings is 1. The average Bonchev–Trinajstić information content (AvgIpc) is 3.54. The van der Waals surface area contributed by atoms with Gasteiger partial charge in [-0.05, 0) is 31.2 Å². The third-order valence-corrected chi connectivity index (χ3v) is 5.33. The van der Waals surface area contributed by atoms with Crippen LogP contribution in [0.3, 0.4) is 0 Å². The highest BCUT2D eigenvalue weighted by Crippen LogP contribution is 2.20. The van der Waals surface area contributed by atoms with Crippen LogP contribution in [0, 0.1) is 6.92 Å². The van der Waals surface area contributed by atoms with E-state index in [2.05, 4.69) is 30.6 Å². The summed E-state index contributed by atoms with van der Waals surface area (Å²) in [6.45, 7) is 2.13. The van der Waals surface area contributed by atoms with Crippen LogP contribution in [0.4, 0.5) is 0 Å². The number of nitrogens with zero attached hydrogens (tertiary/aromatic N) is 7. The van der Waals surface area contributed by atoms with Gasteiger partial charge in [-0.2, -0.15) is 0 Å². The van der Waals surface area contributed by atoms with Crippen molar-refractivity contribution in [2.24, 2.45) is 0 Å². The van der Waals surface area contributed by atoms with Gasteiger partial charge in [-0.1, -0.05) is 17.3 Å². The molecule has 4 aromatic heterocycles. The second-order valence-corrected chi connectivity index (χ2v) is 7.70. The van der Waals surface area contributed by atoms with Crippen molar-refractivity contribution in [3.8, 4) is 16.9 Å². The Kier molecular flexibility index (Phi) is 5.71. The van der Waals surface area contributed by atoms with Crippen LogP contribution in [0.15, 0.2) is 67.4 Å². The molecule has 5 rings (SSSR count). The van der Waals surface area contributed by atoms with Crippen molar-refractivity contribution in [1.82, 2.24) is 39.7 Å². The van der Waals surface area contributed by atoms with Crippen LogP contribution >= 0.6 is 0 Å². The van der Waals surface area contributed by atoms with Gasteiger partial charge >= 0.3 is 5.97 Å². The number of methoxy groups -OCH3 is 1. The molecular weight excluding hydrogens is 448 g/mol. The lowest BCUT2D eigenvalue weighted by Gasteiger charge is -2.08. The van der Waals surface area contributed by atoms with Crippen LogP contribution in [0.2, 0.25) is 0 Å². The zero-order valence-corrected chi connectivity index (χ0v) is 18.9. The Balaban J connectivity index is 1.34. The molecule has 11 nitrogen and oxygen atoms in total. The summed E-state index contributed by atoms with van der Waals surface area (Å²) < 4.78 is 8.02. The van der Waals surface area contributed by atoms with E-state index in [1.807, 2.05) is 25.4 Å². The number of hydrogen-bond donors (Lipinski definition) is 1. The fourth-order valence-corrected chi connectivity index (χ4v) is 3.53. The molecule has 35 heavy (non-hydrogen) atoms. The second kappa shape index (κ2) is 9.14. The summed E-state index contributed by atoms with van der Waals surface area (Å²) in [4.78, 5) is 37.6. The van der Waals surface area contributed by atoms with Gasteiger partial charge in [0.1, 0.15) is 5.69 Å². The Hall–Kier alpha value is -4.93. The Morgan fingerprint density at radius 2 is 1.89 bits per heavy atom. The second-order valence-electron chi connectivity index (χ2n) is 7.70. The van der Waals surface area contributed by atoms with Gasteiger partial charge in [-0.25, -0.2) is 19.4 Å². The lowest BCUT2D eigenvalue weighted by molar-refractivity contribution is 0.0600. The van der Waals surface area contributed by atoms with Crippen molar-refractivity contribution in [2.75, 3.05) is 7.11 Å². The summed E-state index contributed by atoms with van der Waals surface area (Å²) in [6.07, 6.45) is 8.48. The highest BCUT2D eigenvalue weighted by molar-refractivity contribution is 5.97. The molecule has 0 saturated heterocycles. The predicted octanol–water partition coefficient (Wildman–Crippen LogP) is 2.40. The number of carbonyl (C=O) groups excluding carboxylic acids is 2. The smallest absolute Gasteiger partial charge is 0.337 e. The summed E-state index contributed by atoms with van der Waals surface area (Å²) >= 11 is 0. The van der Waals surface area contributed by atoms with Gasteiger partial charge in [-0.15, -0.1) is 5.10 Å². The number of rotatable bonds is 6. The van der Waals surface area contributed by atoms with Crippen LogP contribution in [-0.4, -0.2) is 53.3 Å². The molecule has 1 N–H and O–H groups in total. The van der Waals surface area contributed by atoms with Crippen LogP contribution in [0.25, 0.3) is 22.7 Å². The summed E-state index contributed by atoms with van der Waals surface area (Å²) in [7, 11) is 1.33. The van der Waals surface area contributed by atoms with Gasteiger partial charge < -0.3 is 10.1 Å². The highest BCUT2D eigenvalue weighted by atomic mass is 16.5. The molecule has 0 aliphatic carbocycles. The number of carbonyl (C=O) groups is 2. The third-order valence-electron chi connectivity index (χ3n) is 5.33. The molecule has 0 bridgehead atoms. The first-order chi connectivity index (χ1) is 17.0. The molecule has 1 aromatic carbocycles. The Bertz CT molecular complexity index is 1540. The molecule has 0 radical (unpaired) electrons. The van der Waals surface area contributed by atoms with E-state index in [4.69, 9.17) is 4.74 Å². The van der Waals surface area contributed by atoms with Crippen molar-refractivity contribution < 1.29 is 14.3 Å². The van der Waals surface area contributed by atoms with Crippen LogP contribution in [0.5, 0.6) is 0 Å². The first-order valence-corrected chi connectivity index (χ1v) is 10.7.